The quantitative estimate of drug-likeness (QED) is 0.788. The molecule has 1 atom stereocenters. The molecule has 0 bridgehead atoms. The molecule has 3 heterocycles. The molecule has 2 fully saturated rings. The van der Waals surface area contributed by atoms with E-state index in [0.29, 0.717) is 11.8 Å². The number of nitrogens with zero attached hydrogens (tertiary/aromatic N) is 6. The van der Waals surface area contributed by atoms with Gasteiger partial charge in [0.25, 0.3) is 0 Å². The summed E-state index contributed by atoms with van der Waals surface area (Å²) in [5, 5.41) is 8.19. The molecule has 25 heavy (non-hydrogen) atoms. The van der Waals surface area contributed by atoms with Crippen molar-refractivity contribution in [3.8, 4) is 0 Å². The number of piperazine rings is 1. The highest BCUT2D eigenvalue weighted by Gasteiger charge is 2.30. The molecular weight excluding hydrogens is 320 g/mol. The zero-order chi connectivity index (χ0) is 17.4. The van der Waals surface area contributed by atoms with Crippen molar-refractivity contribution >= 4 is 0 Å². The van der Waals surface area contributed by atoms with Crippen molar-refractivity contribution in [2.24, 2.45) is 0 Å². The van der Waals surface area contributed by atoms with E-state index >= 15 is 0 Å². The molecular formula is C17H26N6O2. The van der Waals surface area contributed by atoms with Crippen LogP contribution >= 0.6 is 0 Å². The van der Waals surface area contributed by atoms with E-state index in [0.717, 1.165) is 50.3 Å². The highest BCUT2D eigenvalue weighted by atomic mass is 16.5. The Morgan fingerprint density at radius 2 is 1.76 bits per heavy atom. The fourth-order valence-corrected chi connectivity index (χ4v) is 3.14. The average molecular weight is 346 g/mol. The summed E-state index contributed by atoms with van der Waals surface area (Å²) in [6.45, 7) is 10.9. The Morgan fingerprint density at radius 1 is 1.00 bits per heavy atom. The van der Waals surface area contributed by atoms with Gasteiger partial charge >= 0.3 is 0 Å². The number of aromatic nitrogens is 4. The summed E-state index contributed by atoms with van der Waals surface area (Å²) in [6.07, 6.45) is 2.37. The monoisotopic (exact) mass is 346 g/mol. The summed E-state index contributed by atoms with van der Waals surface area (Å²) in [6, 6.07) is 0.147. The second kappa shape index (κ2) is 6.84. The lowest BCUT2D eigenvalue weighted by Gasteiger charge is -2.36. The first kappa shape index (κ1) is 16.7. The Balaban J connectivity index is 1.29. The smallest absolute Gasteiger partial charge is 0.243 e. The van der Waals surface area contributed by atoms with Crippen LogP contribution in [0.3, 0.4) is 0 Å². The average Bonchev–Trinajstić information content (AvgIpc) is 3.15. The Morgan fingerprint density at radius 3 is 2.40 bits per heavy atom. The third-order valence-electron chi connectivity index (χ3n) is 5.06. The van der Waals surface area contributed by atoms with Crippen LogP contribution in [-0.4, -0.2) is 56.3 Å². The van der Waals surface area contributed by atoms with Crippen molar-refractivity contribution in [1.82, 2.24) is 30.1 Å². The molecule has 1 unspecified atom stereocenters. The first-order chi connectivity index (χ1) is 12.1. The summed E-state index contributed by atoms with van der Waals surface area (Å²) in [4.78, 5) is 13.8. The number of hydrogen-bond acceptors (Lipinski definition) is 8. The minimum atomic E-state index is 0.147. The molecule has 4 rings (SSSR count). The second-order valence-corrected chi connectivity index (χ2v) is 7.46. The SMILES string of the molecule is CC(C)c1noc(C(C)N2CCN(Cc3noc(C4CC4)n3)CC2)n1. The lowest BCUT2D eigenvalue weighted by atomic mass is 10.2. The normalized spacial score (nSPS) is 21.1. The van der Waals surface area contributed by atoms with Gasteiger partial charge in [-0.25, -0.2) is 0 Å². The van der Waals surface area contributed by atoms with Crippen LogP contribution in [0.4, 0.5) is 0 Å². The van der Waals surface area contributed by atoms with Gasteiger partial charge in [-0.15, -0.1) is 0 Å². The Bertz CT molecular complexity index is 700. The lowest BCUT2D eigenvalue weighted by Crippen LogP contribution is -2.46. The maximum Gasteiger partial charge on any atom is 0.243 e. The predicted molar refractivity (Wildman–Crippen MR) is 89.9 cm³/mol. The maximum absolute atomic E-state index is 5.45. The standard InChI is InChI=1S/C17H26N6O2/c1-11(2)15-19-16(24-21-15)12(3)23-8-6-22(7-9-23)10-14-18-17(25-20-14)13-4-5-13/h11-13H,4-10H2,1-3H3. The van der Waals surface area contributed by atoms with E-state index in [2.05, 4.69) is 50.9 Å². The van der Waals surface area contributed by atoms with Gasteiger partial charge in [-0.2, -0.15) is 9.97 Å². The molecule has 0 amide bonds. The largest absolute Gasteiger partial charge is 0.339 e. The summed E-state index contributed by atoms with van der Waals surface area (Å²) in [7, 11) is 0. The van der Waals surface area contributed by atoms with Gasteiger partial charge in [0.1, 0.15) is 0 Å². The summed E-state index contributed by atoms with van der Waals surface area (Å²) in [5.74, 6) is 3.93. The van der Waals surface area contributed by atoms with Crippen LogP contribution < -0.4 is 0 Å². The summed E-state index contributed by atoms with van der Waals surface area (Å²) in [5.41, 5.74) is 0. The zero-order valence-electron chi connectivity index (χ0n) is 15.2. The van der Waals surface area contributed by atoms with Crippen LogP contribution in [0, 0.1) is 0 Å². The highest BCUT2D eigenvalue weighted by molar-refractivity contribution is 5.02. The Kier molecular flexibility index (Phi) is 4.56. The molecule has 2 aromatic rings. The van der Waals surface area contributed by atoms with Gasteiger partial charge in [-0.1, -0.05) is 24.2 Å². The van der Waals surface area contributed by atoms with Crippen LogP contribution in [0.25, 0.3) is 0 Å². The summed E-state index contributed by atoms with van der Waals surface area (Å²) < 4.78 is 10.8. The molecule has 2 aliphatic rings. The van der Waals surface area contributed by atoms with Crippen LogP contribution in [0.15, 0.2) is 9.05 Å². The molecule has 136 valence electrons. The second-order valence-electron chi connectivity index (χ2n) is 7.46. The fourth-order valence-electron chi connectivity index (χ4n) is 3.14. The van der Waals surface area contributed by atoms with Crippen molar-refractivity contribution in [3.63, 3.8) is 0 Å². The third kappa shape index (κ3) is 3.74. The molecule has 1 saturated carbocycles. The predicted octanol–water partition coefficient (Wildman–Crippen LogP) is 2.33. The van der Waals surface area contributed by atoms with Gasteiger partial charge < -0.3 is 9.05 Å². The van der Waals surface area contributed by atoms with Crippen molar-refractivity contribution in [2.75, 3.05) is 26.2 Å². The van der Waals surface area contributed by atoms with E-state index in [1.54, 1.807) is 0 Å². The van der Waals surface area contributed by atoms with Gasteiger partial charge in [0, 0.05) is 38.0 Å². The molecule has 8 heteroatoms. The van der Waals surface area contributed by atoms with E-state index < -0.39 is 0 Å². The van der Waals surface area contributed by atoms with E-state index in [9.17, 15) is 0 Å². The molecule has 0 N–H and O–H groups in total. The van der Waals surface area contributed by atoms with Crippen LogP contribution in [0.2, 0.25) is 0 Å². The van der Waals surface area contributed by atoms with Crippen molar-refractivity contribution in [2.45, 2.75) is 58.0 Å². The minimum Gasteiger partial charge on any atom is -0.339 e. The fraction of sp³-hybridized carbons (Fsp3) is 0.765. The first-order valence-corrected chi connectivity index (χ1v) is 9.22. The molecule has 8 nitrogen and oxygen atoms in total. The van der Waals surface area contributed by atoms with Crippen LogP contribution in [0.1, 0.15) is 74.9 Å². The van der Waals surface area contributed by atoms with Crippen LogP contribution in [0.5, 0.6) is 0 Å². The maximum atomic E-state index is 5.45. The van der Waals surface area contributed by atoms with Crippen molar-refractivity contribution in [1.29, 1.82) is 0 Å². The molecule has 2 aromatic heterocycles. The lowest BCUT2D eigenvalue weighted by molar-refractivity contribution is 0.0827. The molecule has 0 spiro atoms. The zero-order valence-corrected chi connectivity index (χ0v) is 15.2. The summed E-state index contributed by atoms with van der Waals surface area (Å²) >= 11 is 0. The number of hydrogen-bond donors (Lipinski definition) is 0. The van der Waals surface area contributed by atoms with E-state index in [1.807, 2.05) is 0 Å². The van der Waals surface area contributed by atoms with E-state index in [4.69, 9.17) is 9.05 Å². The number of rotatable bonds is 6. The molecule has 1 aliphatic heterocycles. The Labute approximate surface area is 147 Å². The van der Waals surface area contributed by atoms with Gasteiger partial charge in [0.15, 0.2) is 11.6 Å². The molecule has 1 aliphatic carbocycles. The van der Waals surface area contributed by atoms with E-state index in [1.165, 1.54) is 12.8 Å². The van der Waals surface area contributed by atoms with E-state index in [-0.39, 0.29) is 12.0 Å². The highest BCUT2D eigenvalue weighted by Crippen LogP contribution is 2.38. The van der Waals surface area contributed by atoms with Gasteiger partial charge in [-0.3, -0.25) is 9.80 Å². The molecule has 0 aromatic carbocycles. The van der Waals surface area contributed by atoms with Crippen molar-refractivity contribution in [3.05, 3.63) is 23.4 Å². The molecule has 1 saturated heterocycles. The van der Waals surface area contributed by atoms with Gasteiger partial charge in [0.05, 0.1) is 12.6 Å². The third-order valence-corrected chi connectivity index (χ3v) is 5.06. The van der Waals surface area contributed by atoms with Gasteiger partial charge in [-0.05, 0) is 19.8 Å². The first-order valence-electron chi connectivity index (χ1n) is 9.22. The van der Waals surface area contributed by atoms with Gasteiger partial charge in [0.2, 0.25) is 11.8 Å². The van der Waals surface area contributed by atoms with Crippen LogP contribution in [-0.2, 0) is 6.54 Å². The topological polar surface area (TPSA) is 84.3 Å². The molecule has 0 radical (unpaired) electrons. The Hall–Kier alpha value is -1.80. The minimum absolute atomic E-state index is 0.147. The van der Waals surface area contributed by atoms with Crippen molar-refractivity contribution < 1.29 is 9.05 Å².